The number of fused-ring (bicyclic) bond motifs is 1. The molecule has 0 spiro atoms. The number of benzene rings is 1. The highest BCUT2D eigenvalue weighted by molar-refractivity contribution is 5.95. The number of hydrogen-bond acceptors (Lipinski definition) is 6. The summed E-state index contributed by atoms with van der Waals surface area (Å²) in [6.45, 7) is 5.81. The molecule has 1 aromatic rings. The van der Waals surface area contributed by atoms with Gasteiger partial charge < -0.3 is 31.1 Å². The van der Waals surface area contributed by atoms with Crippen LogP contribution in [0.1, 0.15) is 45.1 Å². The summed E-state index contributed by atoms with van der Waals surface area (Å²) in [5, 5.41) is 16.5. The number of aliphatic hydroxyl groups is 1. The standard InChI is InChI=1S/C24H38N4O4.2ClH/c1-24(2,11-19(25)21(29)14-26-13-16-8-9-16)12-22(30)28-15-18(27-23(31)32-3)10-17-6-4-5-7-20(17)28;;/h4-7,16,18-19,21,26,29H,8-15,25H2,1-3H3,(H,27,31);2*1H/t18?,19-,21-;;/m0../s1. The number of para-hydroxylation sites is 1. The number of nitrogens with one attached hydrogen (secondary N) is 2. The zero-order chi connectivity index (χ0) is 23.3. The second-order valence-electron chi connectivity index (χ2n) is 10.0. The van der Waals surface area contributed by atoms with Crippen LogP contribution in [0.2, 0.25) is 0 Å². The highest BCUT2D eigenvalue weighted by atomic mass is 35.5. The van der Waals surface area contributed by atoms with Crippen molar-refractivity contribution in [2.45, 2.75) is 64.1 Å². The van der Waals surface area contributed by atoms with Crippen molar-refractivity contribution >= 4 is 42.5 Å². The molecule has 34 heavy (non-hydrogen) atoms. The third kappa shape index (κ3) is 8.89. The van der Waals surface area contributed by atoms with Gasteiger partial charge in [0.1, 0.15) is 0 Å². The molecule has 8 nitrogen and oxygen atoms in total. The van der Waals surface area contributed by atoms with E-state index in [9.17, 15) is 14.7 Å². The molecule has 1 saturated carbocycles. The van der Waals surface area contributed by atoms with E-state index in [0.29, 0.717) is 32.4 Å². The predicted octanol–water partition coefficient (Wildman–Crippen LogP) is 2.64. The Morgan fingerprint density at radius 1 is 1.26 bits per heavy atom. The molecule has 0 bridgehead atoms. The summed E-state index contributed by atoms with van der Waals surface area (Å²) in [7, 11) is 1.33. The second-order valence-corrected chi connectivity index (χ2v) is 10.0. The minimum atomic E-state index is -0.646. The molecule has 0 saturated heterocycles. The average Bonchev–Trinajstić information content (AvgIpc) is 3.56. The third-order valence-electron chi connectivity index (χ3n) is 6.36. The summed E-state index contributed by atoms with van der Waals surface area (Å²) in [5.74, 6) is 0.727. The van der Waals surface area contributed by atoms with Gasteiger partial charge in [0, 0.05) is 31.2 Å². The highest BCUT2D eigenvalue weighted by Gasteiger charge is 2.34. The molecule has 1 aliphatic carbocycles. The number of nitrogens with zero attached hydrogens (tertiary/aromatic N) is 1. The summed E-state index contributed by atoms with van der Waals surface area (Å²) < 4.78 is 4.73. The molecule has 1 aromatic carbocycles. The number of aliphatic hydroxyl groups excluding tert-OH is 1. The van der Waals surface area contributed by atoms with Crippen molar-refractivity contribution in [2.24, 2.45) is 17.1 Å². The highest BCUT2D eigenvalue weighted by Crippen LogP contribution is 2.33. The van der Waals surface area contributed by atoms with E-state index < -0.39 is 18.2 Å². The van der Waals surface area contributed by atoms with Crippen molar-refractivity contribution in [1.82, 2.24) is 10.6 Å². The van der Waals surface area contributed by atoms with Gasteiger partial charge in [-0.05, 0) is 55.2 Å². The molecular formula is C24H40Cl2N4O4. The number of ether oxygens (including phenoxy) is 1. The van der Waals surface area contributed by atoms with E-state index in [1.54, 1.807) is 4.90 Å². The molecule has 3 rings (SSSR count). The van der Waals surface area contributed by atoms with Crippen molar-refractivity contribution in [1.29, 1.82) is 0 Å². The van der Waals surface area contributed by atoms with Gasteiger partial charge >= 0.3 is 6.09 Å². The number of carbonyl (C=O) groups is 2. The first-order valence-corrected chi connectivity index (χ1v) is 11.6. The van der Waals surface area contributed by atoms with Gasteiger partial charge in [0.2, 0.25) is 5.91 Å². The largest absolute Gasteiger partial charge is 0.453 e. The van der Waals surface area contributed by atoms with Crippen molar-refractivity contribution in [3.63, 3.8) is 0 Å². The first kappa shape index (κ1) is 30.5. The number of nitrogens with two attached hydrogens (primary N) is 1. The fraction of sp³-hybridized carbons (Fsp3) is 0.667. The van der Waals surface area contributed by atoms with E-state index in [4.69, 9.17) is 10.5 Å². The maximum absolute atomic E-state index is 13.3. The lowest BCUT2D eigenvalue weighted by atomic mass is 9.80. The number of amides is 2. The zero-order valence-electron chi connectivity index (χ0n) is 20.3. The number of carbonyl (C=O) groups excluding carboxylic acids is 2. The molecule has 194 valence electrons. The van der Waals surface area contributed by atoms with Gasteiger partial charge in [0.25, 0.3) is 0 Å². The monoisotopic (exact) mass is 518 g/mol. The molecule has 1 aliphatic heterocycles. The van der Waals surface area contributed by atoms with Gasteiger partial charge in [-0.3, -0.25) is 4.79 Å². The van der Waals surface area contributed by atoms with Crippen molar-refractivity contribution in [2.75, 3.05) is 31.6 Å². The van der Waals surface area contributed by atoms with Crippen LogP contribution in [0, 0.1) is 11.3 Å². The molecule has 0 radical (unpaired) electrons. The van der Waals surface area contributed by atoms with Gasteiger partial charge in [-0.2, -0.15) is 0 Å². The second kappa shape index (κ2) is 13.5. The molecule has 5 N–H and O–H groups in total. The van der Waals surface area contributed by atoms with Crippen LogP contribution in [-0.2, 0) is 16.0 Å². The average molecular weight is 520 g/mol. The van der Waals surface area contributed by atoms with Crippen LogP contribution in [0.4, 0.5) is 10.5 Å². The van der Waals surface area contributed by atoms with Gasteiger partial charge in [-0.1, -0.05) is 32.0 Å². The van der Waals surface area contributed by atoms with E-state index in [0.717, 1.165) is 23.7 Å². The van der Waals surface area contributed by atoms with Crippen molar-refractivity contribution in [3.8, 4) is 0 Å². The van der Waals surface area contributed by atoms with Crippen molar-refractivity contribution < 1.29 is 19.4 Å². The van der Waals surface area contributed by atoms with Crippen molar-refractivity contribution in [3.05, 3.63) is 29.8 Å². The Morgan fingerprint density at radius 2 is 1.94 bits per heavy atom. The first-order valence-electron chi connectivity index (χ1n) is 11.6. The molecule has 10 heteroatoms. The van der Waals surface area contributed by atoms with E-state index in [1.807, 2.05) is 38.1 Å². The fourth-order valence-electron chi connectivity index (χ4n) is 4.41. The maximum atomic E-state index is 13.3. The summed E-state index contributed by atoms with van der Waals surface area (Å²) in [6.07, 6.45) is 2.85. The molecule has 0 aromatic heterocycles. The van der Waals surface area contributed by atoms with Crippen LogP contribution in [0.25, 0.3) is 0 Å². The Labute approximate surface area is 215 Å². The Kier molecular flexibility index (Phi) is 12.1. The lowest BCUT2D eigenvalue weighted by Gasteiger charge is -2.37. The van der Waals surface area contributed by atoms with E-state index in [1.165, 1.54) is 20.0 Å². The van der Waals surface area contributed by atoms with Crippen LogP contribution in [0.5, 0.6) is 0 Å². The summed E-state index contributed by atoms with van der Waals surface area (Å²) in [6, 6.07) is 7.14. The zero-order valence-corrected chi connectivity index (χ0v) is 21.9. The fourth-order valence-corrected chi connectivity index (χ4v) is 4.41. The van der Waals surface area contributed by atoms with E-state index in [-0.39, 0.29) is 42.2 Å². The molecule has 3 atom stereocenters. The lowest BCUT2D eigenvalue weighted by Crippen LogP contribution is -2.51. The molecule has 1 fully saturated rings. The molecular weight excluding hydrogens is 479 g/mol. The van der Waals surface area contributed by atoms with Crippen LogP contribution >= 0.6 is 24.8 Å². The minimum Gasteiger partial charge on any atom is -0.453 e. The Bertz CT molecular complexity index is 807. The number of hydrogen-bond donors (Lipinski definition) is 4. The maximum Gasteiger partial charge on any atom is 0.407 e. The van der Waals surface area contributed by atoms with Crippen LogP contribution in [-0.4, -0.2) is 62.0 Å². The topological polar surface area (TPSA) is 117 Å². The number of anilines is 1. The quantitative estimate of drug-likeness (QED) is 0.378. The first-order chi connectivity index (χ1) is 15.2. The summed E-state index contributed by atoms with van der Waals surface area (Å²) in [5.41, 5.74) is 7.79. The van der Waals surface area contributed by atoms with Crippen LogP contribution in [0.15, 0.2) is 24.3 Å². The van der Waals surface area contributed by atoms with Gasteiger partial charge in [-0.15, -0.1) is 24.8 Å². The Balaban J connectivity index is 0.00000289. The normalized spacial score (nSPS) is 19.1. The van der Waals surface area contributed by atoms with E-state index in [2.05, 4.69) is 10.6 Å². The van der Waals surface area contributed by atoms with Crippen LogP contribution in [0.3, 0.4) is 0 Å². The molecule has 1 heterocycles. The predicted molar refractivity (Wildman–Crippen MR) is 139 cm³/mol. The molecule has 2 amide bonds. The number of halogens is 2. The lowest BCUT2D eigenvalue weighted by molar-refractivity contribution is -0.120. The number of methoxy groups -OCH3 is 1. The van der Waals surface area contributed by atoms with Gasteiger partial charge in [0.15, 0.2) is 0 Å². The van der Waals surface area contributed by atoms with Gasteiger partial charge in [0.05, 0.1) is 19.3 Å². The third-order valence-corrected chi connectivity index (χ3v) is 6.36. The molecule has 2 aliphatic rings. The Morgan fingerprint density at radius 3 is 2.59 bits per heavy atom. The van der Waals surface area contributed by atoms with Crippen LogP contribution < -0.4 is 21.3 Å². The number of rotatable bonds is 10. The minimum absolute atomic E-state index is 0. The SMILES string of the molecule is COC(=O)NC1Cc2ccccc2N(C(=O)CC(C)(C)C[C@H](N)[C@@H](O)CNCC2CC2)C1.Cl.Cl. The number of alkyl carbamates (subject to hydrolysis) is 1. The van der Waals surface area contributed by atoms with Gasteiger partial charge in [-0.25, -0.2) is 4.79 Å². The van der Waals surface area contributed by atoms with E-state index >= 15 is 0 Å². The summed E-state index contributed by atoms with van der Waals surface area (Å²) >= 11 is 0. The Hall–Kier alpha value is -1.58. The summed E-state index contributed by atoms with van der Waals surface area (Å²) in [4.78, 5) is 26.8. The smallest absolute Gasteiger partial charge is 0.407 e. The molecule has 1 unspecified atom stereocenters.